The number of methoxy groups -OCH3 is 1. The summed E-state index contributed by atoms with van der Waals surface area (Å²) in [4.78, 5) is 7.00. The van der Waals surface area contributed by atoms with Crippen molar-refractivity contribution in [2.75, 3.05) is 13.7 Å². The van der Waals surface area contributed by atoms with Crippen LogP contribution in [0.2, 0.25) is 0 Å². The van der Waals surface area contributed by atoms with E-state index in [0.717, 1.165) is 24.5 Å². The number of nitrogens with zero attached hydrogens (tertiary/aromatic N) is 3. The summed E-state index contributed by atoms with van der Waals surface area (Å²) in [6, 6.07) is 19.0. The molecule has 2 heterocycles. The van der Waals surface area contributed by atoms with Gasteiger partial charge in [0.15, 0.2) is 5.82 Å². The Labute approximate surface area is 153 Å². The maximum absolute atomic E-state index is 5.50. The van der Waals surface area contributed by atoms with E-state index >= 15 is 0 Å². The molecule has 0 amide bonds. The van der Waals surface area contributed by atoms with Gasteiger partial charge < -0.3 is 9.26 Å². The third kappa shape index (κ3) is 3.78. The maximum atomic E-state index is 5.50. The summed E-state index contributed by atoms with van der Waals surface area (Å²) in [7, 11) is 1.69. The molecule has 1 atom stereocenters. The highest BCUT2D eigenvalue weighted by Gasteiger charge is 2.27. The standard InChI is InChI=1S/C21H23N3O2/c1-25-18-11-9-17(10-12-18)19-8-5-13-24(19)15-21-22-20(23-26-21)14-16-6-3-2-4-7-16/h2-4,6-7,9-12,19H,5,8,13-15H2,1H3/t19-/m0/s1. The van der Waals surface area contributed by atoms with Crippen LogP contribution in [0, 0.1) is 0 Å². The molecule has 0 spiro atoms. The van der Waals surface area contributed by atoms with Crippen LogP contribution in [0.5, 0.6) is 5.75 Å². The lowest BCUT2D eigenvalue weighted by atomic mass is 10.0. The van der Waals surface area contributed by atoms with Crippen molar-refractivity contribution in [3.63, 3.8) is 0 Å². The van der Waals surface area contributed by atoms with Crippen LogP contribution in [0.1, 0.15) is 41.7 Å². The SMILES string of the molecule is COc1ccc([C@@H]2CCCN2Cc2nc(Cc3ccccc3)no2)cc1. The van der Waals surface area contributed by atoms with Crippen LogP contribution >= 0.6 is 0 Å². The van der Waals surface area contributed by atoms with E-state index < -0.39 is 0 Å². The zero-order valence-electron chi connectivity index (χ0n) is 15.0. The van der Waals surface area contributed by atoms with Gasteiger partial charge in [-0.25, -0.2) is 0 Å². The number of hydrogen-bond donors (Lipinski definition) is 0. The average Bonchev–Trinajstić information content (AvgIpc) is 3.32. The van der Waals surface area contributed by atoms with Crippen molar-refractivity contribution in [2.24, 2.45) is 0 Å². The van der Waals surface area contributed by atoms with Gasteiger partial charge in [0.05, 0.1) is 13.7 Å². The molecule has 4 rings (SSSR count). The van der Waals surface area contributed by atoms with Crippen molar-refractivity contribution in [3.8, 4) is 5.75 Å². The van der Waals surface area contributed by atoms with Crippen molar-refractivity contribution in [3.05, 3.63) is 77.4 Å². The molecule has 0 radical (unpaired) electrons. The first-order chi connectivity index (χ1) is 12.8. The number of likely N-dealkylation sites (tertiary alicyclic amines) is 1. The molecule has 2 aromatic carbocycles. The largest absolute Gasteiger partial charge is 0.497 e. The van der Waals surface area contributed by atoms with Crippen LogP contribution in [0.25, 0.3) is 0 Å². The summed E-state index contributed by atoms with van der Waals surface area (Å²) in [6.45, 7) is 1.74. The van der Waals surface area contributed by atoms with Crippen LogP contribution in [-0.4, -0.2) is 28.7 Å². The first-order valence-corrected chi connectivity index (χ1v) is 9.05. The first-order valence-electron chi connectivity index (χ1n) is 9.05. The Morgan fingerprint density at radius 1 is 1.12 bits per heavy atom. The van der Waals surface area contributed by atoms with Crippen LogP contribution in [0.3, 0.4) is 0 Å². The van der Waals surface area contributed by atoms with Crippen LogP contribution < -0.4 is 4.74 Å². The van der Waals surface area contributed by atoms with Gasteiger partial charge in [0.1, 0.15) is 5.75 Å². The second kappa shape index (κ2) is 7.70. The fraction of sp³-hybridized carbons (Fsp3) is 0.333. The van der Waals surface area contributed by atoms with Crippen molar-refractivity contribution in [1.82, 2.24) is 15.0 Å². The van der Waals surface area contributed by atoms with Gasteiger partial charge in [0.2, 0.25) is 5.89 Å². The van der Waals surface area contributed by atoms with Crippen molar-refractivity contribution >= 4 is 0 Å². The Hall–Kier alpha value is -2.66. The molecule has 1 saturated heterocycles. The Bertz CT molecular complexity index is 830. The summed E-state index contributed by atoms with van der Waals surface area (Å²) in [6.07, 6.45) is 3.03. The highest BCUT2D eigenvalue weighted by molar-refractivity contribution is 5.29. The normalized spacial score (nSPS) is 17.5. The molecule has 134 valence electrons. The highest BCUT2D eigenvalue weighted by Crippen LogP contribution is 2.33. The van der Waals surface area contributed by atoms with Gasteiger partial charge in [-0.3, -0.25) is 4.90 Å². The smallest absolute Gasteiger partial charge is 0.240 e. The molecule has 1 aliphatic rings. The Kier molecular flexibility index (Phi) is 4.97. The van der Waals surface area contributed by atoms with Gasteiger partial charge >= 0.3 is 0 Å². The molecule has 0 saturated carbocycles. The monoisotopic (exact) mass is 349 g/mol. The number of benzene rings is 2. The van der Waals surface area contributed by atoms with Gasteiger partial charge in [-0.1, -0.05) is 47.6 Å². The summed E-state index contributed by atoms with van der Waals surface area (Å²) >= 11 is 0. The van der Waals surface area contributed by atoms with Gasteiger partial charge in [0, 0.05) is 12.5 Å². The van der Waals surface area contributed by atoms with Crippen molar-refractivity contribution in [2.45, 2.75) is 31.8 Å². The maximum Gasteiger partial charge on any atom is 0.240 e. The molecule has 0 aliphatic carbocycles. The third-order valence-corrected chi connectivity index (χ3v) is 4.92. The molecule has 5 nitrogen and oxygen atoms in total. The van der Waals surface area contributed by atoms with Gasteiger partial charge in [-0.15, -0.1) is 0 Å². The van der Waals surface area contributed by atoms with Crippen LogP contribution in [0.15, 0.2) is 59.1 Å². The minimum Gasteiger partial charge on any atom is -0.497 e. The molecule has 3 aromatic rings. The minimum atomic E-state index is 0.394. The van der Waals surface area contributed by atoms with Gasteiger partial charge in [0.25, 0.3) is 0 Å². The second-order valence-corrected chi connectivity index (χ2v) is 6.67. The Morgan fingerprint density at radius 2 is 1.92 bits per heavy atom. The molecule has 1 aliphatic heterocycles. The van der Waals surface area contributed by atoms with E-state index in [9.17, 15) is 0 Å². The van der Waals surface area contributed by atoms with E-state index in [2.05, 4.69) is 39.3 Å². The molecule has 1 aromatic heterocycles. The molecule has 0 N–H and O–H groups in total. The number of rotatable bonds is 6. The first kappa shape index (κ1) is 16.8. The zero-order valence-corrected chi connectivity index (χ0v) is 15.0. The average molecular weight is 349 g/mol. The van der Waals surface area contributed by atoms with E-state index in [0.29, 0.717) is 24.9 Å². The molecule has 5 heteroatoms. The molecule has 1 fully saturated rings. The van der Waals surface area contributed by atoms with E-state index in [1.807, 2.05) is 30.3 Å². The van der Waals surface area contributed by atoms with Crippen molar-refractivity contribution < 1.29 is 9.26 Å². The van der Waals surface area contributed by atoms with E-state index in [-0.39, 0.29) is 0 Å². The Morgan fingerprint density at radius 3 is 2.69 bits per heavy atom. The Balaban J connectivity index is 1.43. The number of ether oxygens (including phenoxy) is 1. The van der Waals surface area contributed by atoms with Crippen molar-refractivity contribution in [1.29, 1.82) is 0 Å². The zero-order chi connectivity index (χ0) is 17.8. The molecule has 0 bridgehead atoms. The molecular weight excluding hydrogens is 326 g/mol. The highest BCUT2D eigenvalue weighted by atomic mass is 16.5. The predicted octanol–water partition coefficient (Wildman–Crippen LogP) is 4.01. The quantitative estimate of drug-likeness (QED) is 0.673. The summed E-state index contributed by atoms with van der Waals surface area (Å²) in [5, 5.41) is 4.14. The lowest BCUT2D eigenvalue weighted by Gasteiger charge is -2.23. The summed E-state index contributed by atoms with van der Waals surface area (Å²) in [5.74, 6) is 2.32. The van der Waals surface area contributed by atoms with E-state index in [1.54, 1.807) is 7.11 Å². The van der Waals surface area contributed by atoms with Gasteiger partial charge in [-0.2, -0.15) is 4.98 Å². The summed E-state index contributed by atoms with van der Waals surface area (Å²) in [5.41, 5.74) is 2.50. The van der Waals surface area contributed by atoms with E-state index in [1.165, 1.54) is 17.5 Å². The molecular formula is C21H23N3O2. The van der Waals surface area contributed by atoms with E-state index in [4.69, 9.17) is 9.26 Å². The van der Waals surface area contributed by atoms with Crippen LogP contribution in [-0.2, 0) is 13.0 Å². The lowest BCUT2D eigenvalue weighted by molar-refractivity contribution is 0.212. The molecule has 0 unspecified atom stereocenters. The third-order valence-electron chi connectivity index (χ3n) is 4.92. The topological polar surface area (TPSA) is 51.4 Å². The fourth-order valence-corrected chi connectivity index (χ4v) is 3.60. The second-order valence-electron chi connectivity index (χ2n) is 6.67. The summed E-state index contributed by atoms with van der Waals surface area (Å²) < 4.78 is 10.8. The predicted molar refractivity (Wildman–Crippen MR) is 98.9 cm³/mol. The van der Waals surface area contributed by atoms with Crippen LogP contribution in [0.4, 0.5) is 0 Å². The minimum absolute atomic E-state index is 0.394. The fourth-order valence-electron chi connectivity index (χ4n) is 3.60. The van der Waals surface area contributed by atoms with Gasteiger partial charge in [-0.05, 0) is 42.6 Å². The number of aromatic nitrogens is 2. The number of hydrogen-bond acceptors (Lipinski definition) is 5. The lowest BCUT2D eigenvalue weighted by Crippen LogP contribution is -2.23. The molecule has 26 heavy (non-hydrogen) atoms.